The zero-order chi connectivity index (χ0) is 8.97. The maximum Gasteiger partial charge on any atom is 0.0666 e. The molecular weight excluding hydrogens is 148 g/mol. The molecular formula is C10H18N2. The molecule has 0 spiro atoms. The van der Waals surface area contributed by atoms with Gasteiger partial charge < -0.3 is 4.90 Å². The number of nitrogens with zero attached hydrogens (tertiary/aromatic N) is 2. The highest BCUT2D eigenvalue weighted by molar-refractivity contribution is 4.82. The molecule has 0 bridgehead atoms. The molecule has 0 saturated heterocycles. The van der Waals surface area contributed by atoms with Crippen LogP contribution in [0.3, 0.4) is 0 Å². The van der Waals surface area contributed by atoms with E-state index in [0.29, 0.717) is 0 Å². The van der Waals surface area contributed by atoms with Gasteiger partial charge in [-0.3, -0.25) is 0 Å². The van der Waals surface area contributed by atoms with Crippen molar-refractivity contribution in [3.8, 4) is 6.07 Å². The standard InChI is InChI=1S/C10H18N2/c1-9(6-11)7-12(2)8-10-4-3-5-10/h9-10H,3-5,7-8H2,1-2H3. The number of nitriles is 1. The van der Waals surface area contributed by atoms with E-state index in [-0.39, 0.29) is 5.92 Å². The lowest BCUT2D eigenvalue weighted by Crippen LogP contribution is -2.32. The van der Waals surface area contributed by atoms with Crippen molar-refractivity contribution in [2.75, 3.05) is 20.1 Å². The van der Waals surface area contributed by atoms with Gasteiger partial charge in [-0.05, 0) is 32.7 Å². The number of rotatable bonds is 4. The molecule has 1 aliphatic rings. The summed E-state index contributed by atoms with van der Waals surface area (Å²) in [5, 5.41) is 8.61. The van der Waals surface area contributed by atoms with Crippen LogP contribution in [0, 0.1) is 23.2 Å². The van der Waals surface area contributed by atoms with Crippen molar-refractivity contribution in [2.45, 2.75) is 26.2 Å². The van der Waals surface area contributed by atoms with Crippen LogP contribution in [-0.2, 0) is 0 Å². The molecule has 1 aliphatic carbocycles. The van der Waals surface area contributed by atoms with E-state index in [1.165, 1.54) is 25.8 Å². The summed E-state index contributed by atoms with van der Waals surface area (Å²) in [4.78, 5) is 2.29. The second kappa shape index (κ2) is 4.47. The van der Waals surface area contributed by atoms with Gasteiger partial charge in [0.15, 0.2) is 0 Å². The molecule has 0 aromatic rings. The first-order valence-electron chi connectivity index (χ1n) is 4.80. The molecule has 0 aromatic heterocycles. The van der Waals surface area contributed by atoms with Crippen molar-refractivity contribution in [1.29, 1.82) is 5.26 Å². The maximum absolute atomic E-state index is 8.61. The monoisotopic (exact) mass is 166 g/mol. The molecule has 1 rings (SSSR count). The van der Waals surface area contributed by atoms with Gasteiger partial charge in [0, 0.05) is 13.1 Å². The number of hydrogen-bond acceptors (Lipinski definition) is 2. The van der Waals surface area contributed by atoms with Gasteiger partial charge in [-0.1, -0.05) is 6.42 Å². The summed E-state index contributed by atoms with van der Waals surface area (Å²) in [6.07, 6.45) is 4.20. The third-order valence-electron chi connectivity index (χ3n) is 2.60. The highest BCUT2D eigenvalue weighted by Crippen LogP contribution is 2.26. The van der Waals surface area contributed by atoms with Crippen LogP contribution in [0.5, 0.6) is 0 Å². The SMILES string of the molecule is CC(C#N)CN(C)CC1CCC1. The van der Waals surface area contributed by atoms with Crippen LogP contribution in [0.1, 0.15) is 26.2 Å². The molecule has 12 heavy (non-hydrogen) atoms. The summed E-state index contributed by atoms with van der Waals surface area (Å²) in [5.41, 5.74) is 0. The Morgan fingerprint density at radius 2 is 2.25 bits per heavy atom. The predicted octanol–water partition coefficient (Wildman–Crippen LogP) is 1.88. The van der Waals surface area contributed by atoms with E-state index in [2.05, 4.69) is 18.0 Å². The summed E-state index contributed by atoms with van der Waals surface area (Å²) < 4.78 is 0. The van der Waals surface area contributed by atoms with Crippen molar-refractivity contribution in [3.05, 3.63) is 0 Å². The molecule has 0 N–H and O–H groups in total. The Bertz CT molecular complexity index is 167. The van der Waals surface area contributed by atoms with Crippen molar-refractivity contribution in [3.63, 3.8) is 0 Å². The minimum absolute atomic E-state index is 0.176. The largest absolute Gasteiger partial charge is 0.305 e. The lowest BCUT2D eigenvalue weighted by molar-refractivity contribution is 0.197. The average molecular weight is 166 g/mol. The summed E-state index contributed by atoms with van der Waals surface area (Å²) in [6, 6.07) is 2.26. The maximum atomic E-state index is 8.61. The van der Waals surface area contributed by atoms with Gasteiger partial charge >= 0.3 is 0 Å². The first-order valence-corrected chi connectivity index (χ1v) is 4.80. The van der Waals surface area contributed by atoms with E-state index in [9.17, 15) is 0 Å². The minimum atomic E-state index is 0.176. The fourth-order valence-corrected chi connectivity index (χ4v) is 1.70. The molecule has 1 unspecified atom stereocenters. The van der Waals surface area contributed by atoms with Crippen LogP contribution in [-0.4, -0.2) is 25.0 Å². The highest BCUT2D eigenvalue weighted by Gasteiger charge is 2.19. The van der Waals surface area contributed by atoms with Crippen LogP contribution < -0.4 is 0 Å². The molecule has 2 nitrogen and oxygen atoms in total. The Morgan fingerprint density at radius 3 is 2.67 bits per heavy atom. The van der Waals surface area contributed by atoms with Crippen LogP contribution in [0.25, 0.3) is 0 Å². The summed E-state index contributed by atoms with van der Waals surface area (Å²) in [7, 11) is 2.12. The zero-order valence-corrected chi connectivity index (χ0v) is 8.08. The first-order chi connectivity index (χ1) is 5.72. The Morgan fingerprint density at radius 1 is 1.58 bits per heavy atom. The molecule has 2 heteroatoms. The second-order valence-corrected chi connectivity index (χ2v) is 4.05. The fourth-order valence-electron chi connectivity index (χ4n) is 1.70. The van der Waals surface area contributed by atoms with Crippen molar-refractivity contribution < 1.29 is 0 Å². The Kier molecular flexibility index (Phi) is 3.55. The highest BCUT2D eigenvalue weighted by atomic mass is 15.1. The average Bonchev–Trinajstić information content (AvgIpc) is 1.97. The van der Waals surface area contributed by atoms with Crippen LogP contribution in [0.15, 0.2) is 0 Å². The van der Waals surface area contributed by atoms with Gasteiger partial charge in [-0.25, -0.2) is 0 Å². The third-order valence-corrected chi connectivity index (χ3v) is 2.60. The van der Waals surface area contributed by atoms with Crippen LogP contribution in [0.4, 0.5) is 0 Å². The van der Waals surface area contributed by atoms with E-state index < -0.39 is 0 Å². The zero-order valence-electron chi connectivity index (χ0n) is 8.08. The number of hydrogen-bond donors (Lipinski definition) is 0. The van der Waals surface area contributed by atoms with Gasteiger partial charge in [0.05, 0.1) is 12.0 Å². The summed E-state index contributed by atoms with van der Waals surface area (Å²) >= 11 is 0. The minimum Gasteiger partial charge on any atom is -0.305 e. The molecule has 1 atom stereocenters. The van der Waals surface area contributed by atoms with Crippen molar-refractivity contribution in [2.24, 2.45) is 11.8 Å². The van der Waals surface area contributed by atoms with E-state index in [0.717, 1.165) is 12.5 Å². The molecule has 0 radical (unpaired) electrons. The molecule has 0 aromatic carbocycles. The van der Waals surface area contributed by atoms with Gasteiger partial charge in [-0.15, -0.1) is 0 Å². The summed E-state index contributed by atoms with van der Waals surface area (Å²) in [5.74, 6) is 1.09. The molecule has 68 valence electrons. The normalized spacial score (nSPS) is 20.2. The first kappa shape index (κ1) is 9.54. The Labute approximate surface area is 75.2 Å². The molecule has 1 fully saturated rings. The summed E-state index contributed by atoms with van der Waals surface area (Å²) in [6.45, 7) is 4.09. The molecule has 1 saturated carbocycles. The van der Waals surface area contributed by atoms with Gasteiger partial charge in [-0.2, -0.15) is 5.26 Å². The lowest BCUT2D eigenvalue weighted by atomic mass is 9.85. The van der Waals surface area contributed by atoms with E-state index in [1.807, 2.05) is 6.92 Å². The van der Waals surface area contributed by atoms with Crippen molar-refractivity contribution in [1.82, 2.24) is 4.90 Å². The molecule has 0 heterocycles. The predicted molar refractivity (Wildman–Crippen MR) is 49.6 cm³/mol. The quantitative estimate of drug-likeness (QED) is 0.637. The topological polar surface area (TPSA) is 27.0 Å². The van der Waals surface area contributed by atoms with E-state index in [4.69, 9.17) is 5.26 Å². The molecule has 0 amide bonds. The van der Waals surface area contributed by atoms with E-state index >= 15 is 0 Å². The van der Waals surface area contributed by atoms with Crippen LogP contribution >= 0.6 is 0 Å². The van der Waals surface area contributed by atoms with Crippen LogP contribution in [0.2, 0.25) is 0 Å². The van der Waals surface area contributed by atoms with E-state index in [1.54, 1.807) is 0 Å². The smallest absolute Gasteiger partial charge is 0.0666 e. The molecule has 0 aliphatic heterocycles. The van der Waals surface area contributed by atoms with Gasteiger partial charge in [0.1, 0.15) is 0 Å². The fraction of sp³-hybridized carbons (Fsp3) is 0.900. The third kappa shape index (κ3) is 2.83. The Balaban J connectivity index is 2.11. The lowest BCUT2D eigenvalue weighted by Gasteiger charge is -2.30. The van der Waals surface area contributed by atoms with Gasteiger partial charge in [0.25, 0.3) is 0 Å². The van der Waals surface area contributed by atoms with Crippen molar-refractivity contribution >= 4 is 0 Å². The second-order valence-electron chi connectivity index (χ2n) is 4.05. The Hall–Kier alpha value is -0.550. The van der Waals surface area contributed by atoms with Gasteiger partial charge in [0.2, 0.25) is 0 Å².